The molecule has 8 nitrogen and oxygen atoms in total. The van der Waals surface area contributed by atoms with Crippen molar-refractivity contribution in [2.45, 2.75) is 59.2 Å². The normalized spacial score (nSPS) is 12.1. The molecule has 0 aromatic heterocycles. The molecule has 8 aromatic carbocycles. The van der Waals surface area contributed by atoms with Crippen LogP contribution in [-0.2, 0) is 14.9 Å². The molecular formula is C55H56O8. The van der Waals surface area contributed by atoms with Gasteiger partial charge in [0.2, 0.25) is 0 Å². The van der Waals surface area contributed by atoms with Crippen LogP contribution in [0.4, 0.5) is 0 Å². The first-order chi connectivity index (χ1) is 30.7. The summed E-state index contributed by atoms with van der Waals surface area (Å²) in [6, 6.07) is 50.2. The fourth-order valence-electron chi connectivity index (χ4n) is 7.54. The van der Waals surface area contributed by atoms with E-state index in [0.29, 0.717) is 22.6 Å². The SMILES string of the molecule is CC.CC.CC(C)(c1ccc(OCC(O)COC(=O)c2c3ccccc3cc3ccccc23)cc1)c1ccc(OCC(O)COC(=O)c2c3ccccc3cc3ccccc23)cc1. The second-order valence-electron chi connectivity index (χ2n) is 15.2. The molecule has 0 aliphatic rings. The number of benzene rings is 8. The first-order valence-electron chi connectivity index (χ1n) is 21.6. The van der Waals surface area contributed by atoms with Crippen molar-refractivity contribution < 1.29 is 38.7 Å². The van der Waals surface area contributed by atoms with Crippen molar-refractivity contribution in [3.05, 3.63) is 180 Å². The minimum absolute atomic E-state index is 0.0493. The molecule has 2 N–H and O–H groups in total. The van der Waals surface area contributed by atoms with Crippen molar-refractivity contribution in [2.75, 3.05) is 26.4 Å². The molecule has 0 saturated carbocycles. The Balaban J connectivity index is 0.00000161. The summed E-state index contributed by atoms with van der Waals surface area (Å²) in [5, 5.41) is 28.3. The van der Waals surface area contributed by atoms with Gasteiger partial charge in [0, 0.05) is 5.41 Å². The third-order valence-electron chi connectivity index (χ3n) is 10.8. The van der Waals surface area contributed by atoms with Crippen LogP contribution in [0.1, 0.15) is 73.4 Å². The quantitative estimate of drug-likeness (QED) is 0.0822. The summed E-state index contributed by atoms with van der Waals surface area (Å²) >= 11 is 0. The van der Waals surface area contributed by atoms with Gasteiger partial charge in [0.05, 0.1) is 11.1 Å². The maximum absolute atomic E-state index is 13.3. The van der Waals surface area contributed by atoms with Crippen LogP contribution in [0.3, 0.4) is 0 Å². The zero-order valence-corrected chi connectivity index (χ0v) is 36.8. The summed E-state index contributed by atoms with van der Waals surface area (Å²) in [6.45, 7) is 11.7. The highest BCUT2D eigenvalue weighted by Crippen LogP contribution is 2.34. The van der Waals surface area contributed by atoms with E-state index >= 15 is 0 Å². The van der Waals surface area contributed by atoms with Crippen molar-refractivity contribution in [3.63, 3.8) is 0 Å². The van der Waals surface area contributed by atoms with Gasteiger partial charge < -0.3 is 29.2 Å². The average Bonchev–Trinajstić information content (AvgIpc) is 3.33. The van der Waals surface area contributed by atoms with E-state index in [-0.39, 0.29) is 31.8 Å². The van der Waals surface area contributed by atoms with Crippen molar-refractivity contribution in [1.82, 2.24) is 0 Å². The highest BCUT2D eigenvalue weighted by molar-refractivity contribution is 6.17. The van der Waals surface area contributed by atoms with Gasteiger partial charge in [-0.25, -0.2) is 9.59 Å². The van der Waals surface area contributed by atoms with Crippen molar-refractivity contribution in [2.24, 2.45) is 0 Å². The number of rotatable bonds is 14. The predicted molar refractivity (Wildman–Crippen MR) is 254 cm³/mol. The second kappa shape index (κ2) is 21.4. The highest BCUT2D eigenvalue weighted by atomic mass is 16.6. The summed E-state index contributed by atoms with van der Waals surface area (Å²) < 4.78 is 22.9. The molecule has 0 spiro atoms. The van der Waals surface area contributed by atoms with E-state index < -0.39 is 24.1 Å². The Morgan fingerprint density at radius 1 is 0.444 bits per heavy atom. The monoisotopic (exact) mass is 844 g/mol. The van der Waals surface area contributed by atoms with Gasteiger partial charge in [-0.15, -0.1) is 0 Å². The Morgan fingerprint density at radius 3 is 1.03 bits per heavy atom. The topological polar surface area (TPSA) is 112 Å². The van der Waals surface area contributed by atoms with Crippen molar-refractivity contribution in [3.8, 4) is 11.5 Å². The standard InChI is InChI=1S/C51H44O8.2C2H6/c1-51(2,37-19-23-41(24-20-37)56-29-39(52)31-58-49(54)47-43-15-7-3-11-33(43)27-34-12-4-8-16-44(34)47)38-21-25-42(26-22-38)57-30-40(53)32-59-50(55)48-45-17-9-5-13-35(45)28-36-14-6-10-18-46(36)48;2*1-2/h3-28,39-40,52-53H,29-32H2,1-2H3;2*1-2H3. The molecule has 0 amide bonds. The van der Waals surface area contributed by atoms with E-state index in [1.54, 1.807) is 0 Å². The van der Waals surface area contributed by atoms with Crippen molar-refractivity contribution >= 4 is 55.0 Å². The van der Waals surface area contributed by atoms with Crippen LogP contribution >= 0.6 is 0 Å². The van der Waals surface area contributed by atoms with Crippen LogP contribution in [0.2, 0.25) is 0 Å². The Kier molecular flexibility index (Phi) is 15.5. The Hall–Kier alpha value is -6.74. The first-order valence-corrected chi connectivity index (χ1v) is 21.6. The minimum Gasteiger partial charge on any atom is -0.491 e. The molecule has 324 valence electrons. The molecule has 0 radical (unpaired) electrons. The van der Waals surface area contributed by atoms with Crippen LogP contribution in [0.5, 0.6) is 11.5 Å². The molecule has 8 heteroatoms. The lowest BCUT2D eigenvalue weighted by Gasteiger charge is -2.26. The Morgan fingerprint density at radius 2 is 0.730 bits per heavy atom. The van der Waals surface area contributed by atoms with Gasteiger partial charge in [-0.1, -0.05) is 163 Å². The van der Waals surface area contributed by atoms with Gasteiger partial charge in [-0.2, -0.15) is 0 Å². The lowest BCUT2D eigenvalue weighted by molar-refractivity contribution is 0.0130. The van der Waals surface area contributed by atoms with Crippen LogP contribution in [0.15, 0.2) is 158 Å². The lowest BCUT2D eigenvalue weighted by Crippen LogP contribution is -2.25. The van der Waals surface area contributed by atoms with Crippen LogP contribution in [0, 0.1) is 0 Å². The fraction of sp³-hybridized carbons (Fsp3) is 0.236. The van der Waals surface area contributed by atoms with Gasteiger partial charge in [-0.3, -0.25) is 0 Å². The van der Waals surface area contributed by atoms with Crippen molar-refractivity contribution in [1.29, 1.82) is 0 Å². The zero-order valence-electron chi connectivity index (χ0n) is 36.8. The predicted octanol–water partition coefficient (Wildman–Crippen LogP) is 11.9. The molecule has 8 rings (SSSR count). The van der Waals surface area contributed by atoms with Gasteiger partial charge in [0.25, 0.3) is 0 Å². The Bertz CT molecular complexity index is 2480. The molecule has 0 aliphatic heterocycles. The van der Waals surface area contributed by atoms with E-state index in [1.807, 2.05) is 173 Å². The number of aliphatic hydroxyl groups is 2. The van der Waals surface area contributed by atoms with Gasteiger partial charge in [-0.05, 0) is 90.6 Å². The molecule has 2 atom stereocenters. The van der Waals surface area contributed by atoms with E-state index in [9.17, 15) is 19.8 Å². The number of carbonyl (C=O) groups excluding carboxylic acids is 2. The van der Waals surface area contributed by atoms with Gasteiger partial charge in [0.15, 0.2) is 0 Å². The Labute approximate surface area is 369 Å². The fourth-order valence-corrected chi connectivity index (χ4v) is 7.54. The molecule has 0 aliphatic carbocycles. The summed E-state index contributed by atoms with van der Waals surface area (Å²) in [5.74, 6) is 0.165. The molecule has 0 saturated heterocycles. The number of aliphatic hydroxyl groups excluding tert-OH is 2. The van der Waals surface area contributed by atoms with E-state index in [1.165, 1.54) is 0 Å². The molecule has 2 unspecified atom stereocenters. The molecule has 0 heterocycles. The third kappa shape index (κ3) is 10.7. The number of hydrogen-bond acceptors (Lipinski definition) is 8. The maximum Gasteiger partial charge on any atom is 0.339 e. The highest BCUT2D eigenvalue weighted by Gasteiger charge is 2.24. The van der Waals surface area contributed by atoms with Gasteiger partial charge >= 0.3 is 11.9 Å². The van der Waals surface area contributed by atoms with E-state index in [2.05, 4.69) is 26.0 Å². The molecule has 63 heavy (non-hydrogen) atoms. The molecule has 0 bridgehead atoms. The summed E-state index contributed by atoms with van der Waals surface area (Å²) in [4.78, 5) is 26.6. The molecule has 0 fully saturated rings. The van der Waals surface area contributed by atoms with Crippen LogP contribution < -0.4 is 9.47 Å². The lowest BCUT2D eigenvalue weighted by atomic mass is 9.78. The number of carbonyl (C=O) groups is 2. The van der Waals surface area contributed by atoms with Gasteiger partial charge in [0.1, 0.15) is 50.1 Å². The smallest absolute Gasteiger partial charge is 0.339 e. The van der Waals surface area contributed by atoms with E-state index in [4.69, 9.17) is 18.9 Å². The largest absolute Gasteiger partial charge is 0.491 e. The van der Waals surface area contributed by atoms with E-state index in [0.717, 1.165) is 54.2 Å². The maximum atomic E-state index is 13.3. The number of esters is 2. The number of hydrogen-bond donors (Lipinski definition) is 2. The third-order valence-corrected chi connectivity index (χ3v) is 10.8. The number of fused-ring (bicyclic) bond motifs is 4. The first kappa shape index (κ1) is 45.8. The average molecular weight is 845 g/mol. The minimum atomic E-state index is -1.02. The zero-order chi connectivity index (χ0) is 44.9. The van der Waals surface area contributed by atoms with Crippen LogP contribution in [-0.4, -0.2) is 60.8 Å². The summed E-state index contributed by atoms with van der Waals surface area (Å²) in [5.41, 5.74) is 2.69. The summed E-state index contributed by atoms with van der Waals surface area (Å²) in [6.07, 6.45) is -2.05. The molecular weight excluding hydrogens is 789 g/mol. The molecule has 8 aromatic rings. The summed E-state index contributed by atoms with van der Waals surface area (Å²) in [7, 11) is 0. The van der Waals surface area contributed by atoms with Crippen LogP contribution in [0.25, 0.3) is 43.1 Å². The second-order valence-corrected chi connectivity index (χ2v) is 15.2. The number of ether oxygens (including phenoxy) is 4.